The highest BCUT2D eigenvalue weighted by Crippen LogP contribution is 2.26. The van der Waals surface area contributed by atoms with Crippen LogP contribution in [0.5, 0.6) is 0 Å². The summed E-state index contributed by atoms with van der Waals surface area (Å²) >= 11 is 0. The monoisotopic (exact) mass is 272 g/mol. The summed E-state index contributed by atoms with van der Waals surface area (Å²) in [5, 5.41) is 6.92. The number of benzene rings is 2. The Labute approximate surface area is 113 Å². The van der Waals surface area contributed by atoms with E-state index in [0.29, 0.717) is 5.56 Å². The van der Waals surface area contributed by atoms with Crippen LogP contribution in [0.25, 0.3) is 22.6 Å². The maximum atomic E-state index is 12.4. The Morgan fingerprint density at radius 3 is 1.95 bits per heavy atom. The van der Waals surface area contributed by atoms with Crippen molar-refractivity contribution in [3.8, 4) is 22.6 Å². The van der Waals surface area contributed by atoms with Gasteiger partial charge in [-0.05, 0) is 23.3 Å². The summed E-state index contributed by atoms with van der Waals surface area (Å²) in [6.07, 6.45) is -2.75. The Kier molecular flexibility index (Phi) is 3.25. The second kappa shape index (κ2) is 5.21. The quantitative estimate of drug-likeness (QED) is 0.711. The summed E-state index contributed by atoms with van der Waals surface area (Å²) in [5.41, 5.74) is 2.73. The molecule has 3 nitrogen and oxygen atoms in total. The highest BCUT2D eigenvalue weighted by molar-refractivity contribution is 5.67. The highest BCUT2D eigenvalue weighted by Gasteiger charge is 2.16. The van der Waals surface area contributed by atoms with Crippen molar-refractivity contribution in [1.29, 1.82) is 0 Å². The lowest BCUT2D eigenvalue weighted by Gasteiger charge is -2.01. The molecule has 5 heteroatoms. The standard InChI is InChI=1S/C15H10F2N2O/c16-13(17)15-19-18-14(20-15)12-8-6-11(7-9-12)10-4-2-1-3-5-10/h1-9,13H. The molecule has 0 saturated carbocycles. The van der Waals surface area contributed by atoms with Crippen molar-refractivity contribution in [1.82, 2.24) is 10.2 Å². The molecule has 0 aliphatic carbocycles. The first-order valence-electron chi connectivity index (χ1n) is 6.01. The maximum Gasteiger partial charge on any atom is 0.314 e. The van der Waals surface area contributed by atoms with Crippen LogP contribution >= 0.6 is 0 Å². The summed E-state index contributed by atoms with van der Waals surface area (Å²) in [6.45, 7) is 0. The predicted molar refractivity (Wildman–Crippen MR) is 70.1 cm³/mol. The average molecular weight is 272 g/mol. The molecule has 0 fully saturated rings. The molecule has 0 aliphatic rings. The fraction of sp³-hybridized carbons (Fsp3) is 0.0667. The van der Waals surface area contributed by atoms with Crippen LogP contribution in [0.15, 0.2) is 59.0 Å². The van der Waals surface area contributed by atoms with Gasteiger partial charge in [-0.25, -0.2) is 0 Å². The lowest BCUT2D eigenvalue weighted by molar-refractivity contribution is 0.116. The van der Waals surface area contributed by atoms with Crippen LogP contribution in [0.3, 0.4) is 0 Å². The molecule has 1 heterocycles. The molecule has 0 bridgehead atoms. The lowest BCUT2D eigenvalue weighted by Crippen LogP contribution is -1.81. The smallest absolute Gasteiger partial charge is 0.314 e. The normalized spacial score (nSPS) is 10.9. The number of aromatic nitrogens is 2. The number of hydrogen-bond acceptors (Lipinski definition) is 3. The van der Waals surface area contributed by atoms with Gasteiger partial charge in [0.1, 0.15) is 0 Å². The summed E-state index contributed by atoms with van der Waals surface area (Å²) in [4.78, 5) is 0. The van der Waals surface area contributed by atoms with Crippen LogP contribution in [-0.4, -0.2) is 10.2 Å². The number of hydrogen-bond donors (Lipinski definition) is 0. The fourth-order valence-electron chi connectivity index (χ4n) is 1.88. The molecule has 0 radical (unpaired) electrons. The van der Waals surface area contributed by atoms with E-state index in [-0.39, 0.29) is 5.89 Å². The van der Waals surface area contributed by atoms with Crippen LogP contribution in [0, 0.1) is 0 Å². The van der Waals surface area contributed by atoms with Gasteiger partial charge >= 0.3 is 6.43 Å². The molecule has 2 aromatic carbocycles. The molecule has 0 atom stereocenters. The van der Waals surface area contributed by atoms with Crippen LogP contribution < -0.4 is 0 Å². The Bertz CT molecular complexity index is 693. The van der Waals surface area contributed by atoms with E-state index in [1.54, 1.807) is 12.1 Å². The number of alkyl halides is 2. The van der Waals surface area contributed by atoms with Crippen LogP contribution in [0.2, 0.25) is 0 Å². The van der Waals surface area contributed by atoms with E-state index in [0.717, 1.165) is 11.1 Å². The molecule has 0 amide bonds. The number of rotatable bonds is 3. The van der Waals surface area contributed by atoms with E-state index in [1.807, 2.05) is 42.5 Å². The molecule has 0 aliphatic heterocycles. The van der Waals surface area contributed by atoms with Gasteiger partial charge in [0.15, 0.2) is 0 Å². The molecule has 100 valence electrons. The summed E-state index contributed by atoms with van der Waals surface area (Å²) in [7, 11) is 0. The van der Waals surface area contributed by atoms with E-state index in [4.69, 9.17) is 4.42 Å². The van der Waals surface area contributed by atoms with E-state index in [2.05, 4.69) is 10.2 Å². The third-order valence-corrected chi connectivity index (χ3v) is 2.87. The van der Waals surface area contributed by atoms with Crippen molar-refractivity contribution >= 4 is 0 Å². The van der Waals surface area contributed by atoms with Crippen molar-refractivity contribution in [2.75, 3.05) is 0 Å². The van der Waals surface area contributed by atoms with Crippen molar-refractivity contribution in [3.63, 3.8) is 0 Å². The molecular formula is C15H10F2N2O. The Morgan fingerprint density at radius 2 is 1.35 bits per heavy atom. The van der Waals surface area contributed by atoms with Crippen molar-refractivity contribution in [2.45, 2.75) is 6.43 Å². The fourth-order valence-corrected chi connectivity index (χ4v) is 1.88. The Balaban J connectivity index is 1.89. The first kappa shape index (κ1) is 12.5. The van der Waals surface area contributed by atoms with Crippen molar-refractivity contribution in [3.05, 3.63) is 60.5 Å². The van der Waals surface area contributed by atoms with Crippen molar-refractivity contribution < 1.29 is 13.2 Å². The lowest BCUT2D eigenvalue weighted by atomic mass is 10.0. The van der Waals surface area contributed by atoms with E-state index in [9.17, 15) is 8.78 Å². The summed E-state index contributed by atoms with van der Waals surface area (Å²) in [6, 6.07) is 17.2. The topological polar surface area (TPSA) is 38.9 Å². The van der Waals surface area contributed by atoms with Crippen molar-refractivity contribution in [2.24, 2.45) is 0 Å². The van der Waals surface area contributed by atoms with Gasteiger partial charge in [-0.15, -0.1) is 10.2 Å². The number of nitrogens with zero attached hydrogens (tertiary/aromatic N) is 2. The van der Waals surface area contributed by atoms with Gasteiger partial charge in [-0.1, -0.05) is 42.5 Å². The molecule has 1 aromatic heterocycles. The second-order valence-electron chi connectivity index (χ2n) is 4.19. The maximum absolute atomic E-state index is 12.4. The third-order valence-electron chi connectivity index (χ3n) is 2.87. The molecule has 3 aromatic rings. The van der Waals surface area contributed by atoms with Crippen LogP contribution in [-0.2, 0) is 0 Å². The zero-order chi connectivity index (χ0) is 13.9. The van der Waals surface area contributed by atoms with Gasteiger partial charge in [-0.3, -0.25) is 0 Å². The Morgan fingerprint density at radius 1 is 0.750 bits per heavy atom. The van der Waals surface area contributed by atoms with Gasteiger partial charge in [0.25, 0.3) is 5.89 Å². The zero-order valence-electron chi connectivity index (χ0n) is 10.3. The molecule has 0 saturated heterocycles. The minimum atomic E-state index is -2.75. The average Bonchev–Trinajstić information content (AvgIpc) is 2.98. The molecule has 3 rings (SSSR count). The van der Waals surface area contributed by atoms with Gasteiger partial charge in [0, 0.05) is 5.56 Å². The molecular weight excluding hydrogens is 262 g/mol. The SMILES string of the molecule is FC(F)c1nnc(-c2ccc(-c3ccccc3)cc2)o1. The van der Waals surface area contributed by atoms with E-state index < -0.39 is 12.3 Å². The van der Waals surface area contributed by atoms with Gasteiger partial charge in [0.05, 0.1) is 0 Å². The van der Waals surface area contributed by atoms with Gasteiger partial charge < -0.3 is 4.42 Å². The third kappa shape index (κ3) is 2.42. The molecule has 20 heavy (non-hydrogen) atoms. The largest absolute Gasteiger partial charge is 0.415 e. The van der Waals surface area contributed by atoms with Crippen LogP contribution in [0.1, 0.15) is 12.3 Å². The molecule has 0 spiro atoms. The molecule has 0 N–H and O–H groups in total. The second-order valence-corrected chi connectivity index (χ2v) is 4.19. The highest BCUT2D eigenvalue weighted by atomic mass is 19.3. The number of halogens is 2. The first-order valence-corrected chi connectivity index (χ1v) is 6.01. The minimum Gasteiger partial charge on any atom is -0.415 e. The van der Waals surface area contributed by atoms with Gasteiger partial charge in [0.2, 0.25) is 5.89 Å². The first-order chi connectivity index (χ1) is 9.74. The summed E-state index contributed by atoms with van der Waals surface area (Å²) in [5.74, 6) is -0.563. The van der Waals surface area contributed by atoms with E-state index >= 15 is 0 Å². The predicted octanol–water partition coefficient (Wildman–Crippen LogP) is 4.34. The van der Waals surface area contributed by atoms with Crippen LogP contribution in [0.4, 0.5) is 8.78 Å². The van der Waals surface area contributed by atoms with Gasteiger partial charge in [-0.2, -0.15) is 8.78 Å². The summed E-state index contributed by atoms with van der Waals surface area (Å²) < 4.78 is 29.7. The van der Waals surface area contributed by atoms with E-state index in [1.165, 1.54) is 0 Å². The minimum absolute atomic E-state index is 0.0971. The Hall–Kier alpha value is -2.56. The zero-order valence-corrected chi connectivity index (χ0v) is 10.3. The molecule has 0 unspecified atom stereocenters.